The Labute approximate surface area is 118 Å². The van der Waals surface area contributed by atoms with Crippen molar-refractivity contribution >= 4 is 29.1 Å². The molecular formula is C14H20N2O2S. The molecular weight excluding hydrogens is 260 g/mol. The Morgan fingerprint density at radius 1 is 1.42 bits per heavy atom. The number of carbonyl (C=O) groups is 1. The summed E-state index contributed by atoms with van der Waals surface area (Å²) in [5, 5.41) is 0. The van der Waals surface area contributed by atoms with E-state index in [4.69, 9.17) is 10.5 Å². The summed E-state index contributed by atoms with van der Waals surface area (Å²) in [5.41, 5.74) is 8.10. The van der Waals surface area contributed by atoms with E-state index in [0.717, 1.165) is 31.0 Å². The zero-order valence-corrected chi connectivity index (χ0v) is 12.0. The number of rotatable bonds is 3. The smallest absolute Gasteiger partial charge is 0.340 e. The van der Waals surface area contributed by atoms with Crippen LogP contribution in [0.3, 0.4) is 0 Å². The fourth-order valence-electron chi connectivity index (χ4n) is 2.20. The van der Waals surface area contributed by atoms with Crippen LogP contribution in [0.2, 0.25) is 0 Å². The lowest BCUT2D eigenvalue weighted by Crippen LogP contribution is -2.27. The third-order valence-electron chi connectivity index (χ3n) is 3.14. The molecule has 0 atom stereocenters. The fourth-order valence-corrected chi connectivity index (χ4v) is 3.09. The molecule has 1 heterocycles. The van der Waals surface area contributed by atoms with E-state index in [2.05, 4.69) is 4.90 Å². The number of ether oxygens (including phenoxy) is 1. The molecule has 1 aliphatic heterocycles. The molecule has 1 saturated heterocycles. The average Bonchev–Trinajstić information content (AvgIpc) is 2.68. The highest BCUT2D eigenvalue weighted by molar-refractivity contribution is 7.99. The topological polar surface area (TPSA) is 55.6 Å². The van der Waals surface area contributed by atoms with Gasteiger partial charge in [-0.15, -0.1) is 0 Å². The minimum Gasteiger partial charge on any atom is -0.462 e. The average molecular weight is 280 g/mol. The molecule has 1 aliphatic rings. The maximum absolute atomic E-state index is 11.8. The standard InChI is InChI=1S/C14H20N2O2S/c1-2-18-14(17)11-5-3-6-12(13(11)15)16-7-4-9-19-10-8-16/h3,5-6H,2,4,7-10,15H2,1H3. The van der Waals surface area contributed by atoms with E-state index >= 15 is 0 Å². The second-order valence-corrected chi connectivity index (χ2v) is 5.64. The van der Waals surface area contributed by atoms with Crippen LogP contribution in [0.4, 0.5) is 11.4 Å². The number of thioether (sulfide) groups is 1. The zero-order chi connectivity index (χ0) is 13.7. The van der Waals surface area contributed by atoms with E-state index in [0.29, 0.717) is 17.9 Å². The Morgan fingerprint density at radius 3 is 3.05 bits per heavy atom. The molecule has 0 aliphatic carbocycles. The second kappa shape index (κ2) is 6.70. The molecule has 2 N–H and O–H groups in total. The van der Waals surface area contributed by atoms with Crippen molar-refractivity contribution in [3.8, 4) is 0 Å². The molecule has 0 aromatic heterocycles. The molecule has 0 spiro atoms. The summed E-state index contributed by atoms with van der Waals surface area (Å²) >= 11 is 1.96. The Balaban J connectivity index is 2.25. The van der Waals surface area contributed by atoms with E-state index in [1.54, 1.807) is 13.0 Å². The molecule has 1 fully saturated rings. The number of para-hydroxylation sites is 1. The third kappa shape index (κ3) is 3.35. The largest absolute Gasteiger partial charge is 0.462 e. The lowest BCUT2D eigenvalue weighted by molar-refractivity contribution is 0.0527. The molecule has 104 valence electrons. The van der Waals surface area contributed by atoms with Crippen molar-refractivity contribution in [1.29, 1.82) is 0 Å². The molecule has 0 amide bonds. The molecule has 1 aromatic carbocycles. The molecule has 4 nitrogen and oxygen atoms in total. The van der Waals surface area contributed by atoms with E-state index in [1.165, 1.54) is 5.75 Å². The van der Waals surface area contributed by atoms with E-state index in [9.17, 15) is 4.79 Å². The van der Waals surface area contributed by atoms with Crippen LogP contribution in [0.25, 0.3) is 0 Å². The van der Waals surface area contributed by atoms with Crippen molar-refractivity contribution in [3.63, 3.8) is 0 Å². The van der Waals surface area contributed by atoms with Gasteiger partial charge in [0.1, 0.15) is 0 Å². The molecule has 0 bridgehead atoms. The predicted octanol–water partition coefficient (Wildman–Crippen LogP) is 2.39. The number of benzene rings is 1. The molecule has 0 radical (unpaired) electrons. The van der Waals surface area contributed by atoms with Crippen LogP contribution in [-0.4, -0.2) is 37.2 Å². The highest BCUT2D eigenvalue weighted by Gasteiger charge is 2.18. The number of hydrogen-bond acceptors (Lipinski definition) is 5. The summed E-state index contributed by atoms with van der Waals surface area (Å²) in [6.45, 7) is 4.12. The van der Waals surface area contributed by atoms with Gasteiger partial charge in [0, 0.05) is 18.8 Å². The van der Waals surface area contributed by atoms with Crippen LogP contribution in [0.1, 0.15) is 23.7 Å². The highest BCUT2D eigenvalue weighted by atomic mass is 32.2. The lowest BCUT2D eigenvalue weighted by Gasteiger charge is -2.24. The van der Waals surface area contributed by atoms with Gasteiger partial charge in [0.25, 0.3) is 0 Å². The summed E-state index contributed by atoms with van der Waals surface area (Å²) in [6, 6.07) is 5.58. The van der Waals surface area contributed by atoms with Gasteiger partial charge in [-0.1, -0.05) is 6.07 Å². The number of hydrogen-bond donors (Lipinski definition) is 1. The van der Waals surface area contributed by atoms with Gasteiger partial charge in [0.2, 0.25) is 0 Å². The van der Waals surface area contributed by atoms with Gasteiger partial charge in [0.15, 0.2) is 0 Å². The Morgan fingerprint density at radius 2 is 2.26 bits per heavy atom. The Hall–Kier alpha value is -1.36. The number of nitrogens with two attached hydrogens (primary N) is 1. The normalized spacial score (nSPS) is 15.9. The van der Waals surface area contributed by atoms with Crippen molar-refractivity contribution in [2.75, 3.05) is 41.8 Å². The lowest BCUT2D eigenvalue weighted by atomic mass is 10.1. The van der Waals surface area contributed by atoms with Crippen molar-refractivity contribution in [3.05, 3.63) is 23.8 Å². The summed E-state index contributed by atoms with van der Waals surface area (Å²) in [7, 11) is 0. The second-order valence-electron chi connectivity index (χ2n) is 4.41. The van der Waals surface area contributed by atoms with Gasteiger partial charge >= 0.3 is 5.97 Å². The SMILES string of the molecule is CCOC(=O)c1cccc(N2CCCSCC2)c1N. The molecule has 0 unspecified atom stereocenters. The molecule has 2 rings (SSSR count). The highest BCUT2D eigenvalue weighted by Crippen LogP contribution is 2.28. The molecule has 5 heteroatoms. The summed E-state index contributed by atoms with van der Waals surface area (Å²) < 4.78 is 5.03. The molecule has 0 saturated carbocycles. The van der Waals surface area contributed by atoms with Gasteiger partial charge in [-0.2, -0.15) is 11.8 Å². The fraction of sp³-hybridized carbons (Fsp3) is 0.500. The summed E-state index contributed by atoms with van der Waals surface area (Å²) in [5.74, 6) is 1.95. The monoisotopic (exact) mass is 280 g/mol. The summed E-state index contributed by atoms with van der Waals surface area (Å²) in [6.07, 6.45) is 1.15. The van der Waals surface area contributed by atoms with Crippen LogP contribution < -0.4 is 10.6 Å². The number of nitrogens with zero attached hydrogens (tertiary/aromatic N) is 1. The van der Waals surface area contributed by atoms with Crippen LogP contribution >= 0.6 is 11.8 Å². The van der Waals surface area contributed by atoms with Crippen LogP contribution in [0.15, 0.2) is 18.2 Å². The zero-order valence-electron chi connectivity index (χ0n) is 11.2. The van der Waals surface area contributed by atoms with E-state index in [1.807, 2.05) is 23.9 Å². The van der Waals surface area contributed by atoms with Crippen molar-refractivity contribution < 1.29 is 9.53 Å². The Bertz CT molecular complexity index is 443. The Kier molecular flexibility index (Phi) is 4.96. The summed E-state index contributed by atoms with van der Waals surface area (Å²) in [4.78, 5) is 14.1. The third-order valence-corrected chi connectivity index (χ3v) is 4.19. The predicted molar refractivity (Wildman–Crippen MR) is 81.0 cm³/mol. The van der Waals surface area contributed by atoms with Gasteiger partial charge in [0.05, 0.1) is 23.5 Å². The maximum Gasteiger partial charge on any atom is 0.340 e. The van der Waals surface area contributed by atoms with Crippen LogP contribution in [-0.2, 0) is 4.74 Å². The first kappa shape index (κ1) is 14.1. The first-order valence-electron chi connectivity index (χ1n) is 6.62. The number of carbonyl (C=O) groups excluding carboxylic acids is 1. The minimum absolute atomic E-state index is 0.342. The van der Waals surface area contributed by atoms with Crippen LogP contribution in [0.5, 0.6) is 0 Å². The first-order valence-corrected chi connectivity index (χ1v) is 7.77. The van der Waals surface area contributed by atoms with Crippen molar-refractivity contribution in [1.82, 2.24) is 0 Å². The first-order chi connectivity index (χ1) is 9.24. The van der Waals surface area contributed by atoms with Gasteiger partial charge < -0.3 is 15.4 Å². The minimum atomic E-state index is -0.342. The number of esters is 1. The molecule has 19 heavy (non-hydrogen) atoms. The van der Waals surface area contributed by atoms with Gasteiger partial charge in [-0.3, -0.25) is 0 Å². The van der Waals surface area contributed by atoms with E-state index < -0.39 is 0 Å². The van der Waals surface area contributed by atoms with Gasteiger partial charge in [-0.25, -0.2) is 4.79 Å². The van der Waals surface area contributed by atoms with Crippen molar-refractivity contribution in [2.24, 2.45) is 0 Å². The van der Waals surface area contributed by atoms with Gasteiger partial charge in [-0.05, 0) is 31.2 Å². The maximum atomic E-state index is 11.8. The van der Waals surface area contributed by atoms with Crippen molar-refractivity contribution in [2.45, 2.75) is 13.3 Å². The number of nitrogen functional groups attached to an aromatic ring is 1. The molecule has 1 aromatic rings. The quantitative estimate of drug-likeness (QED) is 0.680. The number of anilines is 2. The van der Waals surface area contributed by atoms with Crippen LogP contribution in [0, 0.1) is 0 Å². The van der Waals surface area contributed by atoms with E-state index in [-0.39, 0.29) is 5.97 Å².